The van der Waals surface area contributed by atoms with Gasteiger partial charge in [0.05, 0.1) is 29.7 Å². The van der Waals surface area contributed by atoms with E-state index >= 15 is 0 Å². The van der Waals surface area contributed by atoms with Gasteiger partial charge in [0, 0.05) is 12.5 Å². The van der Waals surface area contributed by atoms with Gasteiger partial charge in [0.25, 0.3) is 5.91 Å². The number of halogens is 3. The summed E-state index contributed by atoms with van der Waals surface area (Å²) in [6.45, 7) is 4.01. The summed E-state index contributed by atoms with van der Waals surface area (Å²) in [5, 5.41) is 14.6. The molecule has 3 aromatic carbocycles. The molecule has 8 nitrogen and oxygen atoms in total. The van der Waals surface area contributed by atoms with Crippen molar-refractivity contribution in [3.05, 3.63) is 119 Å². The molecule has 1 aliphatic rings. The Morgan fingerprint density at radius 2 is 1.65 bits per heavy atom. The molecule has 0 saturated heterocycles. The van der Waals surface area contributed by atoms with Crippen LogP contribution in [0.5, 0.6) is 11.5 Å². The van der Waals surface area contributed by atoms with Crippen LogP contribution in [-0.2, 0) is 6.54 Å². The number of benzene rings is 3. The van der Waals surface area contributed by atoms with E-state index in [2.05, 4.69) is 20.8 Å². The van der Waals surface area contributed by atoms with Crippen LogP contribution in [0.1, 0.15) is 51.5 Å². The van der Waals surface area contributed by atoms with Crippen molar-refractivity contribution in [2.75, 3.05) is 10.6 Å². The standard InChI is InChI=1S/C32H29F3N6O2/c1-20-30(21(2)40(38-20)19-22-10-9-15-25(16-22)43-24-13-7-4-8-14-24)37-31(42)27-18-29-36-26(23-11-5-3-6-12-23)17-28(32(33,34)35)41(29)39-27/h3-16,18,26,28,36H,17,19H2,1-2H3,(H,37,42). The van der Waals surface area contributed by atoms with Crippen LogP contribution in [0.3, 0.4) is 0 Å². The minimum absolute atomic E-state index is 0.122. The van der Waals surface area contributed by atoms with Crippen molar-refractivity contribution in [3.63, 3.8) is 0 Å². The lowest BCUT2D eigenvalue weighted by Gasteiger charge is -2.33. The first-order valence-corrected chi connectivity index (χ1v) is 13.8. The van der Waals surface area contributed by atoms with E-state index in [0.29, 0.717) is 29.4 Å². The van der Waals surface area contributed by atoms with Crippen LogP contribution in [-0.4, -0.2) is 31.6 Å². The zero-order chi connectivity index (χ0) is 30.1. The van der Waals surface area contributed by atoms with E-state index in [9.17, 15) is 18.0 Å². The number of anilines is 2. The molecule has 11 heteroatoms. The molecule has 43 heavy (non-hydrogen) atoms. The highest BCUT2D eigenvalue weighted by Crippen LogP contribution is 2.43. The summed E-state index contributed by atoms with van der Waals surface area (Å²) in [7, 11) is 0. The molecule has 1 aliphatic heterocycles. The largest absolute Gasteiger partial charge is 0.457 e. The average Bonchev–Trinajstić information content (AvgIpc) is 3.54. The minimum Gasteiger partial charge on any atom is -0.457 e. The zero-order valence-corrected chi connectivity index (χ0v) is 23.5. The molecule has 0 spiro atoms. The van der Waals surface area contributed by atoms with Crippen molar-refractivity contribution < 1.29 is 22.7 Å². The number of fused-ring (bicyclic) bond motifs is 1. The summed E-state index contributed by atoms with van der Waals surface area (Å²) in [6.07, 6.45) is -4.78. The van der Waals surface area contributed by atoms with Gasteiger partial charge in [-0.2, -0.15) is 23.4 Å². The number of nitrogens with one attached hydrogen (secondary N) is 2. The fourth-order valence-corrected chi connectivity index (χ4v) is 5.30. The molecular formula is C32H29F3N6O2. The van der Waals surface area contributed by atoms with E-state index in [1.54, 1.807) is 35.9 Å². The number of hydrogen-bond acceptors (Lipinski definition) is 5. The van der Waals surface area contributed by atoms with E-state index in [1.165, 1.54) is 6.07 Å². The van der Waals surface area contributed by atoms with Crippen molar-refractivity contribution in [3.8, 4) is 11.5 Å². The van der Waals surface area contributed by atoms with Gasteiger partial charge in [0.2, 0.25) is 0 Å². The number of carbonyl (C=O) groups is 1. The van der Waals surface area contributed by atoms with Gasteiger partial charge in [-0.3, -0.25) is 9.48 Å². The highest BCUT2D eigenvalue weighted by atomic mass is 19.4. The second kappa shape index (κ2) is 11.3. The van der Waals surface area contributed by atoms with Crippen molar-refractivity contribution in [2.24, 2.45) is 0 Å². The molecule has 0 saturated carbocycles. The maximum Gasteiger partial charge on any atom is 0.410 e. The molecule has 2 aromatic heterocycles. The predicted octanol–water partition coefficient (Wildman–Crippen LogP) is 7.45. The third-order valence-corrected chi connectivity index (χ3v) is 7.45. The molecule has 2 unspecified atom stereocenters. The topological polar surface area (TPSA) is 86.0 Å². The lowest BCUT2D eigenvalue weighted by molar-refractivity contribution is -0.173. The van der Waals surface area contributed by atoms with Gasteiger partial charge in [0.15, 0.2) is 11.7 Å². The van der Waals surface area contributed by atoms with Gasteiger partial charge in [0.1, 0.15) is 17.3 Å². The summed E-state index contributed by atoms with van der Waals surface area (Å²) in [4.78, 5) is 13.3. The van der Waals surface area contributed by atoms with Gasteiger partial charge in [-0.1, -0.05) is 60.7 Å². The Kier molecular flexibility index (Phi) is 7.39. The highest BCUT2D eigenvalue weighted by Gasteiger charge is 2.46. The molecular weight excluding hydrogens is 557 g/mol. The van der Waals surface area contributed by atoms with Crippen LogP contribution in [0, 0.1) is 13.8 Å². The molecule has 1 amide bonds. The fraction of sp³-hybridized carbons (Fsp3) is 0.219. The lowest BCUT2D eigenvalue weighted by Crippen LogP contribution is -2.35. The number of hydrogen-bond donors (Lipinski definition) is 2. The molecule has 0 bridgehead atoms. The first-order chi connectivity index (χ1) is 20.7. The number of carbonyl (C=O) groups excluding carboxylic acids is 1. The number of alkyl halides is 3. The van der Waals surface area contributed by atoms with Crippen LogP contribution >= 0.6 is 0 Å². The quantitative estimate of drug-likeness (QED) is 0.207. The molecule has 6 rings (SSSR count). The monoisotopic (exact) mass is 586 g/mol. The Balaban J connectivity index is 1.20. The normalized spacial score (nSPS) is 16.3. The first kappa shape index (κ1) is 28.1. The van der Waals surface area contributed by atoms with Gasteiger partial charge >= 0.3 is 6.18 Å². The number of aryl methyl sites for hydroxylation is 1. The summed E-state index contributed by atoms with van der Waals surface area (Å²) in [6, 6.07) is 24.9. The van der Waals surface area contributed by atoms with Crippen LogP contribution in [0.4, 0.5) is 24.7 Å². The molecule has 3 heterocycles. The number of aromatic nitrogens is 4. The molecule has 2 atom stereocenters. The molecule has 0 fully saturated rings. The van der Waals surface area contributed by atoms with Gasteiger partial charge in [-0.15, -0.1) is 0 Å². The Hall–Kier alpha value is -5.06. The molecule has 220 valence electrons. The van der Waals surface area contributed by atoms with Crippen LogP contribution in [0.15, 0.2) is 91.0 Å². The molecule has 2 N–H and O–H groups in total. The zero-order valence-electron chi connectivity index (χ0n) is 23.5. The smallest absolute Gasteiger partial charge is 0.410 e. The summed E-state index contributed by atoms with van der Waals surface area (Å²) in [5.41, 5.74) is 3.29. The van der Waals surface area contributed by atoms with Gasteiger partial charge < -0.3 is 15.4 Å². The summed E-state index contributed by atoms with van der Waals surface area (Å²) in [5.74, 6) is 0.922. The SMILES string of the molecule is Cc1nn(Cc2cccc(Oc3ccccc3)c2)c(C)c1NC(=O)c1cc2n(n1)C(C(F)(F)F)CC(c1ccccc1)N2. The number of ether oxygens (including phenoxy) is 1. The Labute approximate surface area is 246 Å². The molecule has 5 aromatic rings. The van der Waals surface area contributed by atoms with Crippen LogP contribution in [0.2, 0.25) is 0 Å². The second-order valence-electron chi connectivity index (χ2n) is 10.5. The average molecular weight is 587 g/mol. The van der Waals surface area contributed by atoms with E-state index in [4.69, 9.17) is 4.74 Å². The Bertz CT molecular complexity index is 1750. The van der Waals surface area contributed by atoms with Crippen molar-refractivity contribution in [2.45, 2.75) is 45.1 Å². The summed E-state index contributed by atoms with van der Waals surface area (Å²) >= 11 is 0. The van der Waals surface area contributed by atoms with Crippen LogP contribution in [0.25, 0.3) is 0 Å². The highest BCUT2D eigenvalue weighted by molar-refractivity contribution is 6.04. The Morgan fingerprint density at radius 1 is 0.953 bits per heavy atom. The van der Waals surface area contributed by atoms with E-state index < -0.39 is 24.2 Å². The lowest BCUT2D eigenvalue weighted by atomic mass is 9.97. The van der Waals surface area contributed by atoms with E-state index in [-0.39, 0.29) is 17.9 Å². The maximum atomic E-state index is 14.1. The number of nitrogens with zero attached hydrogens (tertiary/aromatic N) is 4. The molecule has 0 radical (unpaired) electrons. The third kappa shape index (κ3) is 5.97. The van der Waals surface area contributed by atoms with Crippen molar-refractivity contribution in [1.29, 1.82) is 0 Å². The maximum absolute atomic E-state index is 14.1. The Morgan fingerprint density at radius 3 is 2.37 bits per heavy atom. The van der Waals surface area contributed by atoms with Gasteiger partial charge in [-0.25, -0.2) is 4.68 Å². The van der Waals surface area contributed by atoms with Crippen molar-refractivity contribution in [1.82, 2.24) is 19.6 Å². The minimum atomic E-state index is -4.54. The first-order valence-electron chi connectivity index (χ1n) is 13.8. The molecule has 0 aliphatic carbocycles. The second-order valence-corrected chi connectivity index (χ2v) is 10.5. The van der Waals surface area contributed by atoms with Crippen LogP contribution < -0.4 is 15.4 Å². The number of para-hydroxylation sites is 1. The fourth-order valence-electron chi connectivity index (χ4n) is 5.30. The van der Waals surface area contributed by atoms with E-state index in [1.807, 2.05) is 67.6 Å². The summed E-state index contributed by atoms with van der Waals surface area (Å²) < 4.78 is 50.8. The van der Waals surface area contributed by atoms with E-state index in [0.717, 1.165) is 21.6 Å². The number of rotatable bonds is 7. The van der Waals surface area contributed by atoms with Gasteiger partial charge in [-0.05, 0) is 49.2 Å². The predicted molar refractivity (Wildman–Crippen MR) is 156 cm³/mol. The number of amides is 1. The third-order valence-electron chi connectivity index (χ3n) is 7.45. The van der Waals surface area contributed by atoms with Crippen molar-refractivity contribution >= 4 is 17.4 Å².